The first kappa shape index (κ1) is 23.1. The summed E-state index contributed by atoms with van der Waals surface area (Å²) in [5.41, 5.74) is 0. The van der Waals surface area contributed by atoms with E-state index in [-0.39, 0.29) is 5.97 Å². The molecular weight excluding hydrogens is 322 g/mol. The maximum absolute atomic E-state index is 11.0. The van der Waals surface area contributed by atoms with Gasteiger partial charge in [0.15, 0.2) is 0 Å². The van der Waals surface area contributed by atoms with E-state index in [1.807, 2.05) is 12.2 Å². The molecule has 0 heterocycles. The van der Waals surface area contributed by atoms with Crippen LogP contribution < -0.4 is 0 Å². The average Bonchev–Trinajstić information content (AvgIpc) is 2.59. The summed E-state index contributed by atoms with van der Waals surface area (Å²) < 4.78 is 4.59. The van der Waals surface area contributed by atoms with Crippen LogP contribution in [0.25, 0.3) is 0 Å². The molecule has 25 heavy (non-hydrogen) atoms. The standard InChI is InChI=1S/C19H33NO5/c1-3-4-5-6-9-12-15-18(25-20(22)23)16-13-10-7-8-11-14-17-19(21)24-2/h9,12,16H,3-8,10-11,13-15,17H2,1-2H3/b12-9+,18-16+. The molecule has 0 bridgehead atoms. The van der Waals surface area contributed by atoms with E-state index in [2.05, 4.69) is 22.6 Å². The third kappa shape index (κ3) is 16.8. The van der Waals surface area contributed by atoms with Crippen molar-refractivity contribution in [2.24, 2.45) is 0 Å². The van der Waals surface area contributed by atoms with Gasteiger partial charge in [0.25, 0.3) is 5.09 Å². The van der Waals surface area contributed by atoms with E-state index >= 15 is 0 Å². The van der Waals surface area contributed by atoms with Crippen molar-refractivity contribution < 1.29 is 19.5 Å². The second-order valence-electron chi connectivity index (χ2n) is 6.04. The van der Waals surface area contributed by atoms with Gasteiger partial charge in [-0.25, -0.2) is 0 Å². The summed E-state index contributed by atoms with van der Waals surface area (Å²) in [6, 6.07) is 0. The van der Waals surface area contributed by atoms with Crippen molar-refractivity contribution in [3.63, 3.8) is 0 Å². The lowest BCUT2D eigenvalue weighted by Gasteiger charge is -2.03. The lowest BCUT2D eigenvalue weighted by atomic mass is 10.1. The van der Waals surface area contributed by atoms with Gasteiger partial charge in [-0.3, -0.25) is 9.63 Å². The molecule has 0 radical (unpaired) electrons. The van der Waals surface area contributed by atoms with Crippen LogP contribution in [0.2, 0.25) is 0 Å². The van der Waals surface area contributed by atoms with E-state index in [1.165, 1.54) is 20.0 Å². The van der Waals surface area contributed by atoms with E-state index in [0.717, 1.165) is 51.4 Å². The number of rotatable bonds is 16. The van der Waals surface area contributed by atoms with E-state index in [0.29, 0.717) is 18.6 Å². The number of methoxy groups -OCH3 is 1. The molecule has 6 heteroatoms. The Hall–Kier alpha value is -1.85. The maximum Gasteiger partial charge on any atom is 0.305 e. The number of ether oxygens (including phenoxy) is 1. The fourth-order valence-corrected chi connectivity index (χ4v) is 2.39. The zero-order valence-electron chi connectivity index (χ0n) is 15.7. The third-order valence-electron chi connectivity index (χ3n) is 3.84. The van der Waals surface area contributed by atoms with Crippen LogP contribution in [0.15, 0.2) is 24.0 Å². The first-order valence-corrected chi connectivity index (χ1v) is 9.33. The number of esters is 1. The zero-order valence-corrected chi connectivity index (χ0v) is 15.7. The average molecular weight is 355 g/mol. The van der Waals surface area contributed by atoms with Crippen LogP contribution in [0.1, 0.15) is 84.0 Å². The Labute approximate surface area is 151 Å². The van der Waals surface area contributed by atoms with Crippen molar-refractivity contribution in [1.29, 1.82) is 0 Å². The minimum atomic E-state index is -0.746. The topological polar surface area (TPSA) is 78.7 Å². The first-order chi connectivity index (χ1) is 12.1. The molecule has 0 aliphatic carbocycles. The van der Waals surface area contributed by atoms with E-state index < -0.39 is 5.09 Å². The van der Waals surface area contributed by atoms with Gasteiger partial charge in [0.05, 0.1) is 7.11 Å². The predicted octanol–water partition coefficient (Wildman–Crippen LogP) is 5.51. The monoisotopic (exact) mass is 355 g/mol. The molecule has 0 saturated carbocycles. The highest BCUT2D eigenvalue weighted by molar-refractivity contribution is 5.68. The second kappa shape index (κ2) is 17.0. The number of hydrogen-bond donors (Lipinski definition) is 0. The Morgan fingerprint density at radius 1 is 1.00 bits per heavy atom. The molecule has 0 spiro atoms. The highest BCUT2D eigenvalue weighted by atomic mass is 17.0. The number of nitrogens with zero attached hydrogens (tertiary/aromatic N) is 1. The molecular formula is C19H33NO5. The summed E-state index contributed by atoms with van der Waals surface area (Å²) in [4.78, 5) is 26.2. The normalized spacial score (nSPS) is 11.7. The molecule has 0 aromatic carbocycles. The Kier molecular flexibility index (Phi) is 15.7. The van der Waals surface area contributed by atoms with Gasteiger partial charge >= 0.3 is 5.97 Å². The zero-order chi connectivity index (χ0) is 18.8. The number of allylic oxidation sites excluding steroid dienone is 3. The number of carbonyl (C=O) groups is 1. The molecule has 0 rings (SSSR count). The van der Waals surface area contributed by atoms with Gasteiger partial charge in [-0.15, -0.1) is 10.1 Å². The fraction of sp³-hybridized carbons (Fsp3) is 0.737. The molecule has 0 unspecified atom stereocenters. The van der Waals surface area contributed by atoms with Crippen molar-refractivity contribution in [1.82, 2.24) is 0 Å². The summed E-state index contributed by atoms with van der Waals surface area (Å²) in [6.45, 7) is 2.16. The van der Waals surface area contributed by atoms with E-state index in [9.17, 15) is 14.9 Å². The molecule has 0 atom stereocenters. The Morgan fingerprint density at radius 2 is 1.68 bits per heavy atom. The number of hydrogen-bond acceptors (Lipinski definition) is 5. The summed E-state index contributed by atoms with van der Waals surface area (Å²) in [5.74, 6) is 0.245. The van der Waals surface area contributed by atoms with Gasteiger partial charge in [-0.1, -0.05) is 57.3 Å². The largest absolute Gasteiger partial charge is 0.469 e. The maximum atomic E-state index is 11.0. The van der Waals surface area contributed by atoms with Crippen LogP contribution >= 0.6 is 0 Å². The quantitative estimate of drug-likeness (QED) is 0.0911. The molecule has 0 aromatic heterocycles. The van der Waals surface area contributed by atoms with Gasteiger partial charge in [0, 0.05) is 12.8 Å². The minimum absolute atomic E-state index is 0.160. The van der Waals surface area contributed by atoms with Crippen LogP contribution in [0.5, 0.6) is 0 Å². The number of carbonyl (C=O) groups excluding carboxylic acids is 1. The van der Waals surface area contributed by atoms with Crippen LogP contribution in [0, 0.1) is 10.1 Å². The van der Waals surface area contributed by atoms with E-state index in [4.69, 9.17) is 0 Å². The van der Waals surface area contributed by atoms with Crippen LogP contribution in [-0.2, 0) is 14.4 Å². The fourth-order valence-electron chi connectivity index (χ4n) is 2.39. The van der Waals surface area contributed by atoms with Gasteiger partial charge in [0.1, 0.15) is 5.76 Å². The van der Waals surface area contributed by atoms with Crippen molar-refractivity contribution in [3.05, 3.63) is 34.1 Å². The molecule has 0 N–H and O–H groups in total. The molecule has 0 saturated heterocycles. The van der Waals surface area contributed by atoms with Crippen molar-refractivity contribution >= 4 is 5.97 Å². The Morgan fingerprint density at radius 3 is 2.36 bits per heavy atom. The lowest BCUT2D eigenvalue weighted by Crippen LogP contribution is -2.00. The second-order valence-corrected chi connectivity index (χ2v) is 6.04. The predicted molar refractivity (Wildman–Crippen MR) is 98.4 cm³/mol. The van der Waals surface area contributed by atoms with Crippen molar-refractivity contribution in [2.75, 3.05) is 7.11 Å². The molecule has 6 nitrogen and oxygen atoms in total. The summed E-state index contributed by atoms with van der Waals surface area (Å²) in [7, 11) is 1.40. The molecule has 144 valence electrons. The Bertz CT molecular complexity index is 418. The van der Waals surface area contributed by atoms with Gasteiger partial charge in [0.2, 0.25) is 0 Å². The number of unbranched alkanes of at least 4 members (excludes halogenated alkanes) is 8. The van der Waals surface area contributed by atoms with Crippen LogP contribution in [0.3, 0.4) is 0 Å². The first-order valence-electron chi connectivity index (χ1n) is 9.33. The summed E-state index contributed by atoms with van der Waals surface area (Å²) >= 11 is 0. The lowest BCUT2D eigenvalue weighted by molar-refractivity contribution is -0.743. The Balaban J connectivity index is 3.90. The summed E-state index contributed by atoms with van der Waals surface area (Å²) in [5, 5.41) is 9.80. The molecule has 0 aliphatic rings. The van der Waals surface area contributed by atoms with E-state index in [1.54, 1.807) is 0 Å². The highest BCUT2D eigenvalue weighted by Crippen LogP contribution is 2.12. The molecule has 0 fully saturated rings. The van der Waals surface area contributed by atoms with Crippen LogP contribution in [-0.4, -0.2) is 18.2 Å². The van der Waals surface area contributed by atoms with Crippen molar-refractivity contribution in [3.8, 4) is 0 Å². The SMILES string of the molecule is CCCCC/C=C/C/C(=C\CCCCCCCC(=O)OC)O[N+](=O)[O-]. The highest BCUT2D eigenvalue weighted by Gasteiger charge is 2.02. The van der Waals surface area contributed by atoms with Gasteiger partial charge < -0.3 is 4.74 Å². The molecule has 0 aromatic rings. The van der Waals surface area contributed by atoms with Crippen LogP contribution in [0.4, 0.5) is 0 Å². The smallest absolute Gasteiger partial charge is 0.305 e. The minimum Gasteiger partial charge on any atom is -0.469 e. The van der Waals surface area contributed by atoms with Crippen molar-refractivity contribution in [2.45, 2.75) is 84.0 Å². The van der Waals surface area contributed by atoms with Gasteiger partial charge in [-0.2, -0.15) is 0 Å². The third-order valence-corrected chi connectivity index (χ3v) is 3.84. The molecule has 0 aliphatic heterocycles. The van der Waals surface area contributed by atoms with Gasteiger partial charge in [-0.05, 0) is 32.1 Å². The molecule has 0 amide bonds. The summed E-state index contributed by atoms with van der Waals surface area (Å²) in [6.07, 6.45) is 17.0.